The Bertz CT molecular complexity index is 601. The summed E-state index contributed by atoms with van der Waals surface area (Å²) >= 11 is 12.2. The molecule has 21 heavy (non-hydrogen) atoms. The summed E-state index contributed by atoms with van der Waals surface area (Å²) in [6.45, 7) is 5.52. The fraction of sp³-hybridized carbons (Fsp3) is 0.294. The van der Waals surface area contributed by atoms with E-state index in [2.05, 4.69) is 25.2 Å². The smallest absolute Gasteiger partial charge is 0.124 e. The number of benzene rings is 2. The van der Waals surface area contributed by atoms with Crippen molar-refractivity contribution in [1.29, 1.82) is 0 Å². The molecule has 0 aliphatic rings. The summed E-state index contributed by atoms with van der Waals surface area (Å²) in [5.41, 5.74) is 2.02. The molecule has 2 aromatic carbocycles. The molecule has 1 N–H and O–H groups in total. The largest absolute Gasteiger partial charge is 0.489 e. The third-order valence-corrected chi connectivity index (χ3v) is 3.89. The molecule has 0 fully saturated rings. The van der Waals surface area contributed by atoms with Gasteiger partial charge in [-0.05, 0) is 37.7 Å². The number of para-hydroxylation sites is 1. The van der Waals surface area contributed by atoms with Gasteiger partial charge in [0, 0.05) is 27.2 Å². The second-order valence-corrected chi connectivity index (χ2v) is 5.69. The first-order chi connectivity index (χ1) is 10.1. The van der Waals surface area contributed by atoms with Crippen LogP contribution >= 0.6 is 23.2 Å². The van der Waals surface area contributed by atoms with Crippen LogP contribution in [0, 0.1) is 0 Å². The Kier molecular flexibility index (Phi) is 5.92. The van der Waals surface area contributed by atoms with Crippen LogP contribution in [0.2, 0.25) is 10.0 Å². The average molecular weight is 324 g/mol. The van der Waals surface area contributed by atoms with E-state index in [0.29, 0.717) is 16.7 Å². The van der Waals surface area contributed by atoms with Crippen molar-refractivity contribution in [3.05, 3.63) is 63.6 Å². The van der Waals surface area contributed by atoms with E-state index in [0.717, 1.165) is 23.4 Å². The Morgan fingerprint density at radius 1 is 1.14 bits per heavy atom. The van der Waals surface area contributed by atoms with Crippen LogP contribution < -0.4 is 10.1 Å². The first-order valence-corrected chi connectivity index (χ1v) is 7.76. The van der Waals surface area contributed by atoms with E-state index >= 15 is 0 Å². The first-order valence-electron chi connectivity index (χ1n) is 7.01. The molecule has 2 nitrogen and oxygen atoms in total. The highest BCUT2D eigenvalue weighted by atomic mass is 35.5. The molecule has 0 saturated heterocycles. The van der Waals surface area contributed by atoms with Gasteiger partial charge in [-0.25, -0.2) is 0 Å². The SMILES string of the molecule is CCNC(C)c1ccccc1OCc1cc(Cl)ccc1Cl. The maximum atomic E-state index is 6.16. The zero-order valence-corrected chi connectivity index (χ0v) is 13.7. The molecule has 2 aromatic rings. The molecular formula is C17H19Cl2NO. The third-order valence-electron chi connectivity index (χ3n) is 3.29. The number of ether oxygens (including phenoxy) is 1. The molecule has 2 rings (SSSR count). The summed E-state index contributed by atoms with van der Waals surface area (Å²) in [5, 5.41) is 4.72. The van der Waals surface area contributed by atoms with E-state index in [9.17, 15) is 0 Å². The molecule has 4 heteroatoms. The van der Waals surface area contributed by atoms with Crippen molar-refractivity contribution in [3.63, 3.8) is 0 Å². The summed E-state index contributed by atoms with van der Waals surface area (Å²) in [7, 11) is 0. The normalized spacial score (nSPS) is 12.2. The Morgan fingerprint density at radius 3 is 2.67 bits per heavy atom. The van der Waals surface area contributed by atoms with Crippen molar-refractivity contribution in [2.75, 3.05) is 6.54 Å². The molecule has 0 saturated carbocycles. The summed E-state index contributed by atoms with van der Waals surface area (Å²) in [5.74, 6) is 0.863. The van der Waals surface area contributed by atoms with Crippen LogP contribution in [0.1, 0.15) is 31.0 Å². The maximum absolute atomic E-state index is 6.16. The van der Waals surface area contributed by atoms with E-state index in [1.165, 1.54) is 0 Å². The number of hydrogen-bond donors (Lipinski definition) is 1. The highest BCUT2D eigenvalue weighted by molar-refractivity contribution is 6.33. The first kappa shape index (κ1) is 16.2. The van der Waals surface area contributed by atoms with Gasteiger partial charge in [0.15, 0.2) is 0 Å². The zero-order chi connectivity index (χ0) is 15.2. The number of hydrogen-bond acceptors (Lipinski definition) is 2. The van der Waals surface area contributed by atoms with Crippen molar-refractivity contribution < 1.29 is 4.74 Å². The monoisotopic (exact) mass is 323 g/mol. The molecule has 0 aliphatic heterocycles. The molecule has 0 radical (unpaired) electrons. The Morgan fingerprint density at radius 2 is 1.90 bits per heavy atom. The average Bonchev–Trinajstić information content (AvgIpc) is 2.49. The third kappa shape index (κ3) is 4.37. The molecule has 0 bridgehead atoms. The molecule has 0 heterocycles. The van der Waals surface area contributed by atoms with Crippen LogP contribution in [0.4, 0.5) is 0 Å². The fourth-order valence-electron chi connectivity index (χ4n) is 2.20. The van der Waals surface area contributed by atoms with Crippen LogP contribution in [-0.2, 0) is 6.61 Å². The minimum Gasteiger partial charge on any atom is -0.489 e. The summed E-state index contributed by atoms with van der Waals surface area (Å²) < 4.78 is 5.94. The van der Waals surface area contributed by atoms with Gasteiger partial charge in [0.05, 0.1) is 0 Å². The Labute approximate surface area is 136 Å². The summed E-state index contributed by atoms with van der Waals surface area (Å²) in [4.78, 5) is 0. The van der Waals surface area contributed by atoms with Gasteiger partial charge in [-0.1, -0.05) is 48.3 Å². The van der Waals surface area contributed by atoms with Gasteiger partial charge in [0.25, 0.3) is 0 Å². The van der Waals surface area contributed by atoms with Crippen molar-refractivity contribution in [3.8, 4) is 5.75 Å². The molecule has 0 aliphatic carbocycles. The van der Waals surface area contributed by atoms with Crippen LogP contribution in [0.5, 0.6) is 5.75 Å². The second-order valence-electron chi connectivity index (χ2n) is 4.84. The Hall–Kier alpha value is -1.22. The van der Waals surface area contributed by atoms with E-state index < -0.39 is 0 Å². The van der Waals surface area contributed by atoms with Gasteiger partial charge in [-0.15, -0.1) is 0 Å². The molecular weight excluding hydrogens is 305 g/mol. The van der Waals surface area contributed by atoms with Crippen LogP contribution in [0.3, 0.4) is 0 Å². The number of rotatable bonds is 6. The molecule has 0 aromatic heterocycles. The molecule has 0 spiro atoms. The van der Waals surface area contributed by atoms with Crippen molar-refractivity contribution in [2.24, 2.45) is 0 Å². The van der Waals surface area contributed by atoms with Gasteiger partial charge in [-0.2, -0.15) is 0 Å². The lowest BCUT2D eigenvalue weighted by atomic mass is 10.1. The zero-order valence-electron chi connectivity index (χ0n) is 12.2. The van der Waals surface area contributed by atoms with E-state index in [-0.39, 0.29) is 6.04 Å². The predicted octanol–water partition coefficient (Wildman–Crippen LogP) is 5.24. The number of halogens is 2. The minimum absolute atomic E-state index is 0.237. The maximum Gasteiger partial charge on any atom is 0.124 e. The van der Waals surface area contributed by atoms with Crippen molar-refractivity contribution >= 4 is 23.2 Å². The van der Waals surface area contributed by atoms with Gasteiger partial charge in [0.1, 0.15) is 12.4 Å². The fourth-order valence-corrected chi connectivity index (χ4v) is 2.56. The molecule has 112 valence electrons. The van der Waals surface area contributed by atoms with Gasteiger partial charge in [0.2, 0.25) is 0 Å². The van der Waals surface area contributed by atoms with Crippen molar-refractivity contribution in [1.82, 2.24) is 5.32 Å². The highest BCUT2D eigenvalue weighted by Gasteiger charge is 2.11. The minimum atomic E-state index is 0.237. The lowest BCUT2D eigenvalue weighted by Crippen LogP contribution is -2.18. The highest BCUT2D eigenvalue weighted by Crippen LogP contribution is 2.27. The van der Waals surface area contributed by atoms with E-state index in [4.69, 9.17) is 27.9 Å². The van der Waals surface area contributed by atoms with Crippen LogP contribution in [0.25, 0.3) is 0 Å². The van der Waals surface area contributed by atoms with Gasteiger partial charge < -0.3 is 10.1 Å². The van der Waals surface area contributed by atoms with E-state index in [1.54, 1.807) is 12.1 Å². The lowest BCUT2D eigenvalue weighted by molar-refractivity contribution is 0.300. The summed E-state index contributed by atoms with van der Waals surface area (Å²) in [6, 6.07) is 13.7. The van der Waals surface area contributed by atoms with Crippen LogP contribution in [-0.4, -0.2) is 6.54 Å². The number of nitrogens with one attached hydrogen (secondary N) is 1. The molecule has 0 amide bonds. The predicted molar refractivity (Wildman–Crippen MR) is 89.3 cm³/mol. The van der Waals surface area contributed by atoms with Crippen LogP contribution in [0.15, 0.2) is 42.5 Å². The quantitative estimate of drug-likeness (QED) is 0.784. The van der Waals surface area contributed by atoms with Gasteiger partial charge >= 0.3 is 0 Å². The molecule has 1 unspecified atom stereocenters. The standard InChI is InChI=1S/C17H19Cl2NO/c1-3-20-12(2)15-6-4-5-7-17(15)21-11-13-10-14(18)8-9-16(13)19/h4-10,12,20H,3,11H2,1-2H3. The topological polar surface area (TPSA) is 21.3 Å². The Balaban J connectivity index is 2.14. The van der Waals surface area contributed by atoms with E-state index in [1.807, 2.05) is 24.3 Å². The van der Waals surface area contributed by atoms with Gasteiger partial charge in [-0.3, -0.25) is 0 Å². The summed E-state index contributed by atoms with van der Waals surface area (Å²) in [6.07, 6.45) is 0. The van der Waals surface area contributed by atoms with Crippen molar-refractivity contribution in [2.45, 2.75) is 26.5 Å². The molecule has 1 atom stereocenters. The lowest BCUT2D eigenvalue weighted by Gasteiger charge is -2.18. The second kappa shape index (κ2) is 7.69.